The molecule has 0 aliphatic heterocycles. The highest BCUT2D eigenvalue weighted by atomic mass is 15.3. The fourth-order valence-corrected chi connectivity index (χ4v) is 1.86. The normalized spacial score (nSPS) is 11.9. The molecule has 3 nitrogen and oxygen atoms in total. The van der Waals surface area contributed by atoms with Gasteiger partial charge in [0.25, 0.3) is 0 Å². The lowest BCUT2D eigenvalue weighted by molar-refractivity contribution is 0.477. The third kappa shape index (κ3) is 5.60. The van der Waals surface area contributed by atoms with Crippen molar-refractivity contribution in [2.75, 3.05) is 20.6 Å². The molecule has 0 saturated heterocycles. The van der Waals surface area contributed by atoms with Crippen LogP contribution in [0.2, 0.25) is 0 Å². The van der Waals surface area contributed by atoms with Crippen LogP contribution in [0.3, 0.4) is 0 Å². The first-order valence-electron chi connectivity index (χ1n) is 6.76. The number of rotatable bonds is 5. The Balaban J connectivity index is 2.49. The highest BCUT2D eigenvalue weighted by Crippen LogP contribution is 2.05. The molecule has 0 atom stereocenters. The van der Waals surface area contributed by atoms with Crippen LogP contribution in [-0.2, 0) is 6.54 Å². The summed E-state index contributed by atoms with van der Waals surface area (Å²) >= 11 is 0. The molecule has 0 radical (unpaired) electrons. The van der Waals surface area contributed by atoms with Crippen molar-refractivity contribution in [1.82, 2.24) is 10.2 Å². The van der Waals surface area contributed by atoms with Crippen molar-refractivity contribution in [3.8, 4) is 0 Å². The van der Waals surface area contributed by atoms with Gasteiger partial charge in [0.05, 0.1) is 0 Å². The van der Waals surface area contributed by atoms with Gasteiger partial charge >= 0.3 is 0 Å². The fourth-order valence-electron chi connectivity index (χ4n) is 1.86. The van der Waals surface area contributed by atoms with Crippen molar-refractivity contribution in [1.29, 1.82) is 0 Å². The highest BCUT2D eigenvalue weighted by Gasteiger charge is 2.05. The number of aryl methyl sites for hydroxylation is 1. The summed E-state index contributed by atoms with van der Waals surface area (Å²) in [5.74, 6) is 0.935. The summed E-state index contributed by atoms with van der Waals surface area (Å²) in [7, 11) is 3.88. The number of nitrogens with one attached hydrogen (secondary N) is 1. The van der Waals surface area contributed by atoms with Gasteiger partial charge in [-0.2, -0.15) is 0 Å². The van der Waals surface area contributed by atoms with Gasteiger partial charge in [-0.1, -0.05) is 42.0 Å². The second-order valence-electron chi connectivity index (χ2n) is 4.67. The van der Waals surface area contributed by atoms with Gasteiger partial charge in [0.15, 0.2) is 5.96 Å². The number of aliphatic imine (C=N–C) groups is 1. The van der Waals surface area contributed by atoms with Crippen LogP contribution < -0.4 is 5.32 Å². The van der Waals surface area contributed by atoms with Gasteiger partial charge < -0.3 is 10.2 Å². The first-order chi connectivity index (χ1) is 9.17. The summed E-state index contributed by atoms with van der Waals surface area (Å²) in [5.41, 5.74) is 2.59. The highest BCUT2D eigenvalue weighted by molar-refractivity contribution is 5.79. The molecule has 0 aromatic heterocycles. The molecule has 0 aliphatic rings. The first kappa shape index (κ1) is 15.3. The molecule has 0 spiro atoms. The van der Waals surface area contributed by atoms with E-state index in [4.69, 9.17) is 0 Å². The SMILES string of the molecule is C/C=C/CCNC(=NC)N(C)Cc1ccc(C)cc1. The van der Waals surface area contributed by atoms with E-state index in [1.165, 1.54) is 11.1 Å². The van der Waals surface area contributed by atoms with Crippen molar-refractivity contribution >= 4 is 5.96 Å². The number of hydrogen-bond acceptors (Lipinski definition) is 1. The standard InChI is InChI=1S/C16H25N3/c1-5-6-7-12-18-16(17-3)19(4)13-15-10-8-14(2)9-11-15/h5-6,8-11H,7,12-13H2,1-4H3,(H,17,18)/b6-5+. The zero-order valence-corrected chi connectivity index (χ0v) is 12.5. The summed E-state index contributed by atoms with van der Waals surface area (Å²) in [6, 6.07) is 8.62. The van der Waals surface area contributed by atoms with Crippen LogP contribution >= 0.6 is 0 Å². The van der Waals surface area contributed by atoms with E-state index >= 15 is 0 Å². The van der Waals surface area contributed by atoms with Gasteiger partial charge in [0.2, 0.25) is 0 Å². The average molecular weight is 259 g/mol. The zero-order chi connectivity index (χ0) is 14.1. The van der Waals surface area contributed by atoms with E-state index in [1.807, 2.05) is 14.0 Å². The van der Waals surface area contributed by atoms with Crippen LogP contribution in [0.5, 0.6) is 0 Å². The van der Waals surface area contributed by atoms with E-state index in [1.54, 1.807) is 0 Å². The molecule has 104 valence electrons. The summed E-state index contributed by atoms with van der Waals surface area (Å²) in [4.78, 5) is 6.45. The quantitative estimate of drug-likeness (QED) is 0.381. The molecule has 0 unspecified atom stereocenters. The number of hydrogen-bond donors (Lipinski definition) is 1. The monoisotopic (exact) mass is 259 g/mol. The molecule has 0 heterocycles. The molecule has 0 saturated carbocycles. The second-order valence-corrected chi connectivity index (χ2v) is 4.67. The van der Waals surface area contributed by atoms with Gasteiger partial charge in [0, 0.05) is 27.2 Å². The number of nitrogens with zero attached hydrogens (tertiary/aromatic N) is 2. The first-order valence-corrected chi connectivity index (χ1v) is 6.76. The number of benzene rings is 1. The van der Waals surface area contributed by atoms with E-state index in [2.05, 4.69) is 65.6 Å². The Kier molecular flexibility index (Phi) is 6.72. The Labute approximate surface area is 117 Å². The largest absolute Gasteiger partial charge is 0.356 e. The molecule has 1 rings (SSSR count). The van der Waals surface area contributed by atoms with E-state index in [0.717, 1.165) is 25.5 Å². The smallest absolute Gasteiger partial charge is 0.193 e. The second kappa shape index (κ2) is 8.35. The van der Waals surface area contributed by atoms with Gasteiger partial charge in [-0.15, -0.1) is 0 Å². The molecule has 1 aromatic carbocycles. The summed E-state index contributed by atoms with van der Waals surface area (Å²) in [6.07, 6.45) is 5.24. The van der Waals surface area contributed by atoms with Crippen molar-refractivity contribution in [3.05, 3.63) is 47.5 Å². The van der Waals surface area contributed by atoms with Gasteiger partial charge in [0.1, 0.15) is 0 Å². The maximum Gasteiger partial charge on any atom is 0.193 e. The van der Waals surface area contributed by atoms with Crippen LogP contribution in [0.4, 0.5) is 0 Å². The van der Waals surface area contributed by atoms with Crippen LogP contribution in [0.25, 0.3) is 0 Å². The number of allylic oxidation sites excluding steroid dienone is 1. The van der Waals surface area contributed by atoms with E-state index in [9.17, 15) is 0 Å². The molecule has 0 bridgehead atoms. The third-order valence-electron chi connectivity index (χ3n) is 2.94. The van der Waals surface area contributed by atoms with Gasteiger partial charge in [-0.05, 0) is 25.8 Å². The van der Waals surface area contributed by atoms with E-state index in [-0.39, 0.29) is 0 Å². The predicted molar refractivity (Wildman–Crippen MR) is 83.4 cm³/mol. The van der Waals surface area contributed by atoms with E-state index in [0.29, 0.717) is 0 Å². The molecule has 0 amide bonds. The van der Waals surface area contributed by atoms with Crippen molar-refractivity contribution < 1.29 is 0 Å². The minimum atomic E-state index is 0.865. The topological polar surface area (TPSA) is 27.6 Å². The molecule has 19 heavy (non-hydrogen) atoms. The van der Waals surface area contributed by atoms with Crippen molar-refractivity contribution in [2.45, 2.75) is 26.8 Å². The Bertz CT molecular complexity index is 418. The van der Waals surface area contributed by atoms with Crippen molar-refractivity contribution in [3.63, 3.8) is 0 Å². The lowest BCUT2D eigenvalue weighted by Crippen LogP contribution is -2.38. The molecule has 1 aromatic rings. The molecular weight excluding hydrogens is 234 g/mol. The Hall–Kier alpha value is -1.77. The average Bonchev–Trinajstić information content (AvgIpc) is 2.41. The van der Waals surface area contributed by atoms with Gasteiger partial charge in [-0.3, -0.25) is 4.99 Å². The minimum absolute atomic E-state index is 0.865. The zero-order valence-electron chi connectivity index (χ0n) is 12.5. The fraction of sp³-hybridized carbons (Fsp3) is 0.438. The Morgan fingerprint density at radius 3 is 2.58 bits per heavy atom. The molecule has 0 aliphatic carbocycles. The third-order valence-corrected chi connectivity index (χ3v) is 2.94. The van der Waals surface area contributed by atoms with Crippen molar-refractivity contribution in [2.24, 2.45) is 4.99 Å². The number of guanidine groups is 1. The van der Waals surface area contributed by atoms with Crippen LogP contribution in [0.1, 0.15) is 24.5 Å². The maximum absolute atomic E-state index is 4.31. The maximum atomic E-state index is 4.31. The van der Waals surface area contributed by atoms with Crippen LogP contribution in [0.15, 0.2) is 41.4 Å². The summed E-state index contributed by atoms with van der Waals surface area (Å²) in [6.45, 7) is 5.92. The molecule has 0 fully saturated rings. The molecule has 1 N–H and O–H groups in total. The van der Waals surface area contributed by atoms with Gasteiger partial charge in [-0.25, -0.2) is 0 Å². The lowest BCUT2D eigenvalue weighted by atomic mass is 10.1. The minimum Gasteiger partial charge on any atom is -0.356 e. The Morgan fingerprint density at radius 1 is 1.32 bits per heavy atom. The lowest BCUT2D eigenvalue weighted by Gasteiger charge is -2.22. The summed E-state index contributed by atoms with van der Waals surface area (Å²) < 4.78 is 0. The molecule has 3 heteroatoms. The summed E-state index contributed by atoms with van der Waals surface area (Å²) in [5, 5.41) is 3.36. The Morgan fingerprint density at radius 2 is 2.00 bits per heavy atom. The van der Waals surface area contributed by atoms with Crippen LogP contribution in [0, 0.1) is 6.92 Å². The van der Waals surface area contributed by atoms with Crippen LogP contribution in [-0.4, -0.2) is 31.5 Å². The molecular formula is C16H25N3. The predicted octanol–water partition coefficient (Wildman–Crippen LogP) is 2.97. The van der Waals surface area contributed by atoms with E-state index < -0.39 is 0 Å².